The van der Waals surface area contributed by atoms with Gasteiger partial charge in [0.25, 0.3) is 0 Å². The molecule has 2 bridgehead atoms. The van der Waals surface area contributed by atoms with Crippen LogP contribution in [0, 0.1) is 11.8 Å². The minimum absolute atomic E-state index is 0.316. The lowest BCUT2D eigenvalue weighted by Crippen LogP contribution is -2.08. The Hall–Kier alpha value is -1.05. The molecule has 0 amide bonds. The Morgan fingerprint density at radius 2 is 2.54 bits per heavy atom. The molecule has 0 radical (unpaired) electrons. The number of esters is 1. The molecule has 1 fully saturated rings. The van der Waals surface area contributed by atoms with Crippen molar-refractivity contribution in [1.82, 2.24) is 0 Å². The summed E-state index contributed by atoms with van der Waals surface area (Å²) in [5.41, 5.74) is 1.33. The third-order valence-electron chi connectivity index (χ3n) is 3.00. The number of carbonyl (C=O) groups is 1. The summed E-state index contributed by atoms with van der Waals surface area (Å²) in [6, 6.07) is 0. The number of carbonyl (C=O) groups excluding carboxylic acids is 1. The first kappa shape index (κ1) is 8.54. The highest BCUT2D eigenvalue weighted by atomic mass is 16.5. The molecule has 0 aliphatic heterocycles. The number of hydrogen-bond donors (Lipinski definition) is 0. The summed E-state index contributed by atoms with van der Waals surface area (Å²) in [5.74, 6) is 1.15. The molecule has 13 heavy (non-hydrogen) atoms. The molecule has 70 valence electrons. The van der Waals surface area contributed by atoms with Gasteiger partial charge in [-0.15, -0.1) is 0 Å². The Labute approximate surface area is 78.3 Å². The van der Waals surface area contributed by atoms with Crippen LogP contribution in [0.1, 0.15) is 19.3 Å². The number of allylic oxidation sites excluding steroid dienone is 1. The Kier molecular flexibility index (Phi) is 2.21. The highest BCUT2D eigenvalue weighted by Gasteiger charge is 2.32. The van der Waals surface area contributed by atoms with Crippen LogP contribution in [0.5, 0.6) is 0 Å². The predicted molar refractivity (Wildman–Crippen MR) is 50.1 cm³/mol. The van der Waals surface area contributed by atoms with E-state index in [0.717, 1.165) is 5.92 Å². The van der Waals surface area contributed by atoms with Crippen molar-refractivity contribution in [3.63, 3.8) is 0 Å². The molecule has 2 atom stereocenters. The van der Waals surface area contributed by atoms with Crippen LogP contribution in [0.3, 0.4) is 0 Å². The summed E-state index contributed by atoms with van der Waals surface area (Å²) in [6.07, 6.45) is 7.38. The Morgan fingerprint density at radius 1 is 1.69 bits per heavy atom. The molecule has 0 aromatic heterocycles. The Morgan fingerprint density at radius 3 is 3.08 bits per heavy atom. The third kappa shape index (κ3) is 1.67. The summed E-state index contributed by atoms with van der Waals surface area (Å²) in [6.45, 7) is 3.84. The second kappa shape index (κ2) is 3.36. The number of ether oxygens (including phenoxy) is 1. The Bertz CT molecular complexity index is 265. The van der Waals surface area contributed by atoms with E-state index >= 15 is 0 Å². The van der Waals surface area contributed by atoms with E-state index in [9.17, 15) is 4.79 Å². The zero-order valence-corrected chi connectivity index (χ0v) is 7.66. The van der Waals surface area contributed by atoms with Gasteiger partial charge in [0.2, 0.25) is 0 Å². The van der Waals surface area contributed by atoms with E-state index in [1.165, 1.54) is 30.9 Å². The van der Waals surface area contributed by atoms with E-state index in [1.54, 1.807) is 0 Å². The average molecular weight is 178 g/mol. The zero-order chi connectivity index (χ0) is 9.26. The largest absolute Gasteiger partial charge is 0.458 e. The first-order valence-electron chi connectivity index (χ1n) is 4.79. The molecule has 2 unspecified atom stereocenters. The van der Waals surface area contributed by atoms with Gasteiger partial charge in [-0.25, -0.2) is 4.79 Å². The summed E-state index contributed by atoms with van der Waals surface area (Å²) in [4.78, 5) is 10.8. The van der Waals surface area contributed by atoms with Gasteiger partial charge in [0, 0.05) is 6.08 Å². The van der Waals surface area contributed by atoms with Crippen molar-refractivity contribution in [2.24, 2.45) is 11.8 Å². The van der Waals surface area contributed by atoms with Crippen LogP contribution >= 0.6 is 0 Å². The van der Waals surface area contributed by atoms with Crippen molar-refractivity contribution >= 4 is 5.97 Å². The number of hydrogen-bond acceptors (Lipinski definition) is 2. The van der Waals surface area contributed by atoms with Crippen molar-refractivity contribution in [1.29, 1.82) is 0 Å². The molecular weight excluding hydrogens is 164 g/mol. The minimum Gasteiger partial charge on any atom is -0.458 e. The molecule has 0 aromatic carbocycles. The summed E-state index contributed by atoms with van der Waals surface area (Å²) < 4.78 is 5.00. The molecule has 0 saturated heterocycles. The summed E-state index contributed by atoms with van der Waals surface area (Å²) >= 11 is 0. The van der Waals surface area contributed by atoms with E-state index in [2.05, 4.69) is 12.7 Å². The van der Waals surface area contributed by atoms with E-state index in [4.69, 9.17) is 4.74 Å². The van der Waals surface area contributed by atoms with Crippen LogP contribution in [0.25, 0.3) is 0 Å². The standard InChI is InChI=1S/C11H14O2/c1-2-11(12)13-7-10-6-8-3-4-9(10)5-8/h2,6,8-9H,1,3-5,7H2. The Balaban J connectivity index is 1.86. The fourth-order valence-electron chi connectivity index (χ4n) is 2.32. The van der Waals surface area contributed by atoms with E-state index in [1.807, 2.05) is 0 Å². The molecule has 0 N–H and O–H groups in total. The fraction of sp³-hybridized carbons (Fsp3) is 0.545. The molecule has 0 spiro atoms. The van der Waals surface area contributed by atoms with Gasteiger partial charge in [-0.2, -0.15) is 0 Å². The molecule has 2 rings (SSSR count). The maximum atomic E-state index is 10.8. The van der Waals surface area contributed by atoms with Gasteiger partial charge >= 0.3 is 5.97 Å². The molecule has 2 aliphatic rings. The van der Waals surface area contributed by atoms with Crippen molar-refractivity contribution < 1.29 is 9.53 Å². The van der Waals surface area contributed by atoms with Crippen LogP contribution in [0.4, 0.5) is 0 Å². The van der Waals surface area contributed by atoms with Gasteiger partial charge in [0.1, 0.15) is 6.61 Å². The molecule has 2 aliphatic carbocycles. The maximum absolute atomic E-state index is 10.8. The van der Waals surface area contributed by atoms with E-state index in [-0.39, 0.29) is 5.97 Å². The second-order valence-corrected chi connectivity index (χ2v) is 3.82. The minimum atomic E-state index is -0.316. The SMILES string of the molecule is C=CC(=O)OCC1=CC2CCC1C2. The smallest absolute Gasteiger partial charge is 0.330 e. The monoisotopic (exact) mass is 178 g/mol. The van der Waals surface area contributed by atoms with Crippen LogP contribution in [0.15, 0.2) is 24.3 Å². The lowest BCUT2D eigenvalue weighted by atomic mass is 9.99. The van der Waals surface area contributed by atoms with Gasteiger partial charge in [-0.05, 0) is 36.7 Å². The molecule has 2 nitrogen and oxygen atoms in total. The van der Waals surface area contributed by atoms with Crippen molar-refractivity contribution in [3.8, 4) is 0 Å². The second-order valence-electron chi connectivity index (χ2n) is 3.82. The van der Waals surface area contributed by atoms with Crippen LogP contribution in [0.2, 0.25) is 0 Å². The van der Waals surface area contributed by atoms with Crippen LogP contribution in [-0.2, 0) is 9.53 Å². The van der Waals surface area contributed by atoms with Gasteiger partial charge in [-0.1, -0.05) is 12.7 Å². The van der Waals surface area contributed by atoms with Crippen molar-refractivity contribution in [2.75, 3.05) is 6.61 Å². The topological polar surface area (TPSA) is 26.3 Å². The highest BCUT2D eigenvalue weighted by Crippen LogP contribution is 2.43. The molecule has 0 aromatic rings. The van der Waals surface area contributed by atoms with Gasteiger partial charge in [0.05, 0.1) is 0 Å². The predicted octanol–water partition coefficient (Wildman–Crippen LogP) is 2.07. The first-order chi connectivity index (χ1) is 6.29. The third-order valence-corrected chi connectivity index (χ3v) is 3.00. The first-order valence-corrected chi connectivity index (χ1v) is 4.79. The van der Waals surface area contributed by atoms with E-state index in [0.29, 0.717) is 12.5 Å². The van der Waals surface area contributed by atoms with Gasteiger partial charge in [0.15, 0.2) is 0 Å². The quantitative estimate of drug-likeness (QED) is 0.375. The number of rotatable bonds is 3. The van der Waals surface area contributed by atoms with Crippen molar-refractivity contribution in [2.45, 2.75) is 19.3 Å². The number of fused-ring (bicyclic) bond motifs is 2. The van der Waals surface area contributed by atoms with Gasteiger partial charge in [-0.3, -0.25) is 0 Å². The maximum Gasteiger partial charge on any atom is 0.330 e. The van der Waals surface area contributed by atoms with E-state index < -0.39 is 0 Å². The summed E-state index contributed by atoms with van der Waals surface area (Å²) in [7, 11) is 0. The summed E-state index contributed by atoms with van der Waals surface area (Å²) in [5, 5.41) is 0. The average Bonchev–Trinajstić information content (AvgIpc) is 2.74. The molecular formula is C11H14O2. The zero-order valence-electron chi connectivity index (χ0n) is 7.66. The molecule has 0 heterocycles. The molecule has 1 saturated carbocycles. The highest BCUT2D eigenvalue weighted by molar-refractivity contribution is 5.81. The van der Waals surface area contributed by atoms with Crippen LogP contribution < -0.4 is 0 Å². The van der Waals surface area contributed by atoms with Crippen LogP contribution in [-0.4, -0.2) is 12.6 Å². The lowest BCUT2D eigenvalue weighted by molar-refractivity contribution is -0.136. The lowest BCUT2D eigenvalue weighted by Gasteiger charge is -2.12. The fourth-order valence-corrected chi connectivity index (χ4v) is 2.32. The van der Waals surface area contributed by atoms with Crippen molar-refractivity contribution in [3.05, 3.63) is 24.3 Å². The molecule has 2 heteroatoms. The normalized spacial score (nSPS) is 30.0. The van der Waals surface area contributed by atoms with Gasteiger partial charge < -0.3 is 4.74 Å².